The highest BCUT2D eigenvalue weighted by Crippen LogP contribution is 2.32. The van der Waals surface area contributed by atoms with Crippen molar-refractivity contribution in [1.82, 2.24) is 15.3 Å². The minimum absolute atomic E-state index is 0.107. The van der Waals surface area contributed by atoms with E-state index in [1.165, 1.54) is 10.6 Å². The molecule has 0 bridgehead atoms. The van der Waals surface area contributed by atoms with Crippen LogP contribution in [-0.4, -0.2) is 68.5 Å². The number of amides is 3. The summed E-state index contributed by atoms with van der Waals surface area (Å²) in [5, 5.41) is 16.3. The van der Waals surface area contributed by atoms with E-state index in [1.54, 1.807) is 39.0 Å². The zero-order chi connectivity index (χ0) is 34.9. The lowest BCUT2D eigenvalue weighted by molar-refractivity contribution is -1.14. The number of aryl methyl sites for hydroxylation is 1. The Morgan fingerprint density at radius 3 is 2.44 bits per heavy atom. The Balaban J connectivity index is 1.45. The molecule has 3 aromatic rings. The summed E-state index contributed by atoms with van der Waals surface area (Å²) in [4.78, 5) is 55.0. The number of fused-ring (bicyclic) bond motifs is 1. The second-order valence-corrected chi connectivity index (χ2v) is 13.7. The molecule has 2 aromatic carbocycles. The first-order valence-corrected chi connectivity index (χ1v) is 16.6. The van der Waals surface area contributed by atoms with Gasteiger partial charge in [0.2, 0.25) is 5.91 Å². The van der Waals surface area contributed by atoms with Gasteiger partial charge in [0.25, 0.3) is 5.91 Å². The van der Waals surface area contributed by atoms with Crippen LogP contribution in [0.25, 0.3) is 10.9 Å². The maximum absolute atomic E-state index is 13.8. The predicted octanol–water partition coefficient (Wildman–Crippen LogP) is 4.84. The van der Waals surface area contributed by atoms with Gasteiger partial charge in [-0.05, 0) is 82.9 Å². The number of primary amides is 1. The number of ether oxygens (including phenoxy) is 1. The van der Waals surface area contributed by atoms with Crippen molar-refractivity contribution < 1.29 is 34.0 Å². The first-order chi connectivity index (χ1) is 22.7. The SMILES string of the molecule is CC(C)(C)OC(=O)[N@@+](N)(O)N(CCCCc1ccccc1)CC1CCC[C@H](C(=O)[C@H](CC(N)=O)NC(=O)c2ccc3ccccc3n2)C1. The summed E-state index contributed by atoms with van der Waals surface area (Å²) in [7, 11) is 0. The molecule has 1 aliphatic rings. The molecule has 4 atom stereocenters. The molecule has 48 heavy (non-hydrogen) atoms. The molecule has 0 spiro atoms. The third kappa shape index (κ3) is 10.4. The normalized spacial score (nSPS) is 18.5. The Labute approximate surface area is 281 Å². The van der Waals surface area contributed by atoms with Crippen LogP contribution in [0.3, 0.4) is 0 Å². The average molecular weight is 662 g/mol. The Morgan fingerprint density at radius 1 is 1.02 bits per heavy atom. The largest absolute Gasteiger partial charge is 0.592 e. The first kappa shape index (κ1) is 36.6. The lowest BCUT2D eigenvalue weighted by atomic mass is 9.77. The van der Waals surface area contributed by atoms with Crippen LogP contribution in [0.4, 0.5) is 4.79 Å². The van der Waals surface area contributed by atoms with Crippen molar-refractivity contribution in [2.24, 2.45) is 23.4 Å². The van der Waals surface area contributed by atoms with Crippen LogP contribution in [0.2, 0.25) is 0 Å². The molecule has 1 heterocycles. The quantitative estimate of drug-likeness (QED) is 0.0470. The monoisotopic (exact) mass is 661 g/mol. The molecule has 0 radical (unpaired) electrons. The highest BCUT2D eigenvalue weighted by atomic mass is 16.7. The molecule has 4 rings (SSSR count). The lowest BCUT2D eigenvalue weighted by Gasteiger charge is -2.37. The molecule has 1 saturated carbocycles. The number of nitrogens with two attached hydrogens (primary N) is 2. The van der Waals surface area contributed by atoms with E-state index in [0.29, 0.717) is 37.7 Å². The van der Waals surface area contributed by atoms with E-state index in [1.807, 2.05) is 36.4 Å². The standard InChI is InChI=1S/C36H48N6O6/c1-36(2,3)48-35(46)42(38,47)41(21-10-9-14-25-12-5-4-6-13-25)24-26-15-11-17-28(22-26)33(44)31(23-32(37)43)40-34(45)30-20-19-27-16-7-8-18-29(27)39-30/h4-8,12-13,16,18-20,26,28,31,47H,9-11,14-15,17,21-24,38H2,1-3H3,(H2-,37,40,43,45)/p+1/t26?,28-,31-,42-/m0/s1. The van der Waals surface area contributed by atoms with Crippen LogP contribution in [-0.2, 0) is 20.7 Å². The molecule has 1 unspecified atom stereocenters. The second kappa shape index (κ2) is 16.2. The minimum atomic E-state index is -1.56. The van der Waals surface area contributed by atoms with Crippen LogP contribution < -0.4 is 16.9 Å². The molecule has 258 valence electrons. The van der Waals surface area contributed by atoms with Crippen molar-refractivity contribution >= 4 is 34.6 Å². The number of hydrogen-bond acceptors (Lipinski definition) is 9. The summed E-state index contributed by atoms with van der Waals surface area (Å²) in [6, 6.07) is 19.6. The molecule has 1 aromatic heterocycles. The van der Waals surface area contributed by atoms with Crippen molar-refractivity contribution in [2.75, 3.05) is 13.1 Å². The van der Waals surface area contributed by atoms with Gasteiger partial charge in [-0.25, -0.2) is 4.98 Å². The molecule has 1 fully saturated rings. The molecular weight excluding hydrogens is 612 g/mol. The Bertz CT molecular complexity index is 1570. The van der Waals surface area contributed by atoms with Gasteiger partial charge in [-0.2, -0.15) is 10.0 Å². The number of nitrogens with zero attached hydrogens (tertiary/aromatic N) is 3. The molecule has 12 nitrogen and oxygen atoms in total. The number of hydroxylamine groups is 1. The zero-order valence-corrected chi connectivity index (χ0v) is 28.1. The smallest absolute Gasteiger partial charge is 0.409 e. The minimum Gasteiger partial charge on any atom is -0.409 e. The van der Waals surface area contributed by atoms with Gasteiger partial charge in [0.1, 0.15) is 11.3 Å². The molecule has 12 heteroatoms. The van der Waals surface area contributed by atoms with Crippen LogP contribution in [0, 0.1) is 11.8 Å². The van der Waals surface area contributed by atoms with Crippen molar-refractivity contribution in [2.45, 2.75) is 83.8 Å². The van der Waals surface area contributed by atoms with Gasteiger partial charge >= 0.3 is 6.09 Å². The zero-order valence-electron chi connectivity index (χ0n) is 28.1. The number of quaternary nitrogens is 1. The number of benzene rings is 2. The third-order valence-corrected chi connectivity index (χ3v) is 8.61. The Kier molecular flexibility index (Phi) is 12.4. The number of carbonyl (C=O) groups excluding carboxylic acids is 4. The Morgan fingerprint density at radius 2 is 1.73 bits per heavy atom. The third-order valence-electron chi connectivity index (χ3n) is 8.61. The number of rotatable bonds is 14. The van der Waals surface area contributed by atoms with Crippen LogP contribution in [0.15, 0.2) is 66.7 Å². The molecule has 0 saturated heterocycles. The molecule has 3 amide bonds. The maximum Gasteiger partial charge on any atom is 0.592 e. The van der Waals surface area contributed by atoms with E-state index in [4.69, 9.17) is 16.3 Å². The summed E-state index contributed by atoms with van der Waals surface area (Å²) in [6.45, 7) is 5.64. The number of Topliss-reactive ketones (excluding diaryl/α,β-unsaturated/α-hetero) is 1. The van der Waals surface area contributed by atoms with Gasteiger partial charge in [-0.3, -0.25) is 14.4 Å². The van der Waals surface area contributed by atoms with E-state index < -0.39 is 40.3 Å². The topological polar surface area (TPSA) is 178 Å². The van der Waals surface area contributed by atoms with Crippen molar-refractivity contribution in [1.29, 1.82) is 0 Å². The Hall–Kier alpha value is -4.23. The summed E-state index contributed by atoms with van der Waals surface area (Å²) in [6.07, 6.45) is 3.39. The van der Waals surface area contributed by atoms with Crippen LogP contribution in [0.1, 0.15) is 81.8 Å². The highest BCUT2D eigenvalue weighted by Gasteiger charge is 2.46. The average Bonchev–Trinajstić information content (AvgIpc) is 3.04. The van der Waals surface area contributed by atoms with Crippen molar-refractivity contribution in [3.8, 4) is 0 Å². The number of aromatic nitrogens is 1. The number of unbranched alkanes of at least 4 members (excludes halogenated alkanes) is 1. The molecule has 6 N–H and O–H groups in total. The van der Waals surface area contributed by atoms with Crippen molar-refractivity contribution in [3.63, 3.8) is 0 Å². The predicted molar refractivity (Wildman–Crippen MR) is 181 cm³/mol. The van der Waals surface area contributed by atoms with E-state index >= 15 is 0 Å². The fourth-order valence-corrected chi connectivity index (χ4v) is 6.23. The second-order valence-electron chi connectivity index (χ2n) is 13.7. The molecule has 0 aliphatic heterocycles. The number of pyridine rings is 1. The maximum atomic E-state index is 13.8. The fourth-order valence-electron chi connectivity index (χ4n) is 6.23. The van der Waals surface area contributed by atoms with E-state index in [9.17, 15) is 24.4 Å². The van der Waals surface area contributed by atoms with Gasteiger partial charge in [0.05, 0.1) is 35.9 Å². The fraction of sp³-hybridized carbons (Fsp3) is 0.472. The summed E-state index contributed by atoms with van der Waals surface area (Å²) >= 11 is 0. The summed E-state index contributed by atoms with van der Waals surface area (Å²) in [5.41, 5.74) is 6.59. The number of hydrogen-bond donors (Lipinski definition) is 4. The number of nitrogens with one attached hydrogen (secondary N) is 1. The lowest BCUT2D eigenvalue weighted by Crippen LogP contribution is -2.68. The number of carbonyl (C=O) groups is 4. The van der Waals surface area contributed by atoms with Gasteiger partial charge in [0, 0.05) is 11.3 Å². The van der Waals surface area contributed by atoms with Crippen LogP contribution >= 0.6 is 0 Å². The van der Waals surface area contributed by atoms with E-state index in [0.717, 1.165) is 24.6 Å². The van der Waals surface area contributed by atoms with E-state index in [2.05, 4.69) is 22.4 Å². The number of ketones is 1. The molecule has 1 aliphatic carbocycles. The van der Waals surface area contributed by atoms with E-state index in [-0.39, 0.29) is 30.4 Å². The van der Waals surface area contributed by atoms with Gasteiger partial charge < -0.3 is 15.8 Å². The van der Waals surface area contributed by atoms with Gasteiger partial charge in [-0.15, -0.1) is 5.84 Å². The van der Waals surface area contributed by atoms with Gasteiger partial charge in [0.15, 0.2) is 5.78 Å². The van der Waals surface area contributed by atoms with Crippen molar-refractivity contribution in [3.05, 3.63) is 78.0 Å². The molecular formula is C36H49N6O6+. The highest BCUT2D eigenvalue weighted by molar-refractivity contribution is 6.00. The van der Waals surface area contributed by atoms with Crippen LogP contribution in [0.5, 0.6) is 0 Å². The first-order valence-electron chi connectivity index (χ1n) is 16.6. The summed E-state index contributed by atoms with van der Waals surface area (Å²) < 4.78 is 5.45. The summed E-state index contributed by atoms with van der Waals surface area (Å²) in [5.74, 6) is 4.09. The van der Waals surface area contributed by atoms with Gasteiger partial charge in [-0.1, -0.05) is 66.0 Å². The number of para-hydroxylation sites is 1.